The fourth-order valence-electron chi connectivity index (χ4n) is 3.25. The summed E-state index contributed by atoms with van der Waals surface area (Å²) in [5, 5.41) is 4.79. The summed E-state index contributed by atoms with van der Waals surface area (Å²) in [6.45, 7) is 1.75. The molecule has 1 aliphatic rings. The Bertz CT molecular complexity index is 1010. The lowest BCUT2D eigenvalue weighted by molar-refractivity contribution is -0.117. The number of carbonyl (C=O) groups is 2. The van der Waals surface area contributed by atoms with Gasteiger partial charge in [-0.25, -0.2) is 0 Å². The van der Waals surface area contributed by atoms with Crippen LogP contribution in [0.1, 0.15) is 17.3 Å². The van der Waals surface area contributed by atoms with E-state index in [-0.39, 0.29) is 11.8 Å². The molecule has 2 amide bonds. The van der Waals surface area contributed by atoms with Gasteiger partial charge in [0.15, 0.2) is 0 Å². The average Bonchev–Trinajstić information content (AvgIpc) is 2.89. The van der Waals surface area contributed by atoms with Crippen LogP contribution in [0, 0.1) is 0 Å². The Labute approximate surface area is 153 Å². The Morgan fingerprint density at radius 3 is 2.56 bits per heavy atom. The fourth-order valence-corrected chi connectivity index (χ4v) is 3.65. The minimum Gasteiger partial charge on any atom is -0.324 e. The van der Waals surface area contributed by atoms with E-state index in [1.165, 1.54) is 0 Å². The van der Waals surface area contributed by atoms with Crippen LogP contribution in [0.25, 0.3) is 10.8 Å². The van der Waals surface area contributed by atoms with Crippen LogP contribution in [0.4, 0.5) is 11.4 Å². The summed E-state index contributed by atoms with van der Waals surface area (Å²) in [6.07, 6.45) is 0. The van der Waals surface area contributed by atoms with Crippen LogP contribution in [0.5, 0.6) is 0 Å². The quantitative estimate of drug-likeness (QED) is 0.705. The Balaban J connectivity index is 1.67. The van der Waals surface area contributed by atoms with Gasteiger partial charge in [0.05, 0.1) is 5.69 Å². The summed E-state index contributed by atoms with van der Waals surface area (Å²) in [6, 6.07) is 18.2. The van der Waals surface area contributed by atoms with E-state index in [0.717, 1.165) is 20.9 Å². The molecule has 3 aromatic carbocycles. The number of hydrogen-bond acceptors (Lipinski definition) is 2. The van der Waals surface area contributed by atoms with Crippen LogP contribution in [-0.2, 0) is 4.79 Å². The van der Waals surface area contributed by atoms with Crippen molar-refractivity contribution in [3.63, 3.8) is 0 Å². The molecule has 1 N–H and O–H groups in total. The van der Waals surface area contributed by atoms with Gasteiger partial charge in [-0.2, -0.15) is 0 Å². The molecule has 1 atom stereocenters. The number of nitrogens with zero attached hydrogens (tertiary/aromatic N) is 1. The predicted molar refractivity (Wildman–Crippen MR) is 103 cm³/mol. The van der Waals surface area contributed by atoms with Crippen LogP contribution in [0.3, 0.4) is 0 Å². The van der Waals surface area contributed by atoms with Gasteiger partial charge in [-0.15, -0.1) is 0 Å². The third-order valence-electron chi connectivity index (χ3n) is 4.45. The average molecular weight is 395 g/mol. The highest BCUT2D eigenvalue weighted by molar-refractivity contribution is 9.10. The van der Waals surface area contributed by atoms with Crippen molar-refractivity contribution in [2.75, 3.05) is 10.2 Å². The van der Waals surface area contributed by atoms with Crippen molar-refractivity contribution in [2.45, 2.75) is 13.0 Å². The molecule has 4 rings (SSSR count). The molecule has 1 heterocycles. The van der Waals surface area contributed by atoms with Gasteiger partial charge in [0, 0.05) is 21.1 Å². The highest BCUT2D eigenvalue weighted by atomic mass is 79.9. The number of rotatable bonds is 3. The zero-order valence-corrected chi connectivity index (χ0v) is 15.1. The minimum absolute atomic E-state index is 0.135. The van der Waals surface area contributed by atoms with Gasteiger partial charge in [-0.1, -0.05) is 46.3 Å². The predicted octanol–water partition coefficient (Wildman–Crippen LogP) is 4.59. The molecule has 25 heavy (non-hydrogen) atoms. The molecular weight excluding hydrogens is 380 g/mol. The lowest BCUT2D eigenvalue weighted by Crippen LogP contribution is -2.44. The number of halogens is 1. The first-order valence-electron chi connectivity index (χ1n) is 7.98. The third kappa shape index (κ3) is 2.61. The molecule has 1 aliphatic heterocycles. The van der Waals surface area contributed by atoms with E-state index in [4.69, 9.17) is 0 Å². The zero-order valence-electron chi connectivity index (χ0n) is 13.5. The number of benzene rings is 3. The molecule has 0 bridgehead atoms. The monoisotopic (exact) mass is 394 g/mol. The Morgan fingerprint density at radius 1 is 1.08 bits per heavy atom. The van der Waals surface area contributed by atoms with Crippen LogP contribution in [0.2, 0.25) is 0 Å². The van der Waals surface area contributed by atoms with Gasteiger partial charge in [-0.3, -0.25) is 14.5 Å². The van der Waals surface area contributed by atoms with E-state index in [1.807, 2.05) is 60.7 Å². The largest absolute Gasteiger partial charge is 0.324 e. The molecule has 0 aliphatic carbocycles. The van der Waals surface area contributed by atoms with Crippen molar-refractivity contribution < 1.29 is 9.59 Å². The van der Waals surface area contributed by atoms with Crippen molar-refractivity contribution in [1.82, 2.24) is 0 Å². The van der Waals surface area contributed by atoms with Gasteiger partial charge in [0.2, 0.25) is 5.91 Å². The maximum atomic E-state index is 12.9. The van der Waals surface area contributed by atoms with Gasteiger partial charge in [0.25, 0.3) is 5.91 Å². The molecule has 0 saturated heterocycles. The van der Waals surface area contributed by atoms with Crippen molar-refractivity contribution in [3.8, 4) is 0 Å². The van der Waals surface area contributed by atoms with E-state index in [2.05, 4.69) is 21.2 Å². The summed E-state index contributed by atoms with van der Waals surface area (Å²) in [7, 11) is 0. The van der Waals surface area contributed by atoms with Crippen LogP contribution in [0.15, 0.2) is 65.1 Å². The van der Waals surface area contributed by atoms with Gasteiger partial charge < -0.3 is 5.32 Å². The van der Waals surface area contributed by atoms with E-state index in [0.29, 0.717) is 11.3 Å². The maximum absolute atomic E-state index is 12.9. The number of carbonyl (C=O) groups excluding carboxylic acids is 2. The zero-order chi connectivity index (χ0) is 17.6. The first-order chi connectivity index (χ1) is 12.1. The molecule has 0 saturated carbocycles. The Morgan fingerprint density at radius 2 is 1.80 bits per heavy atom. The second-order valence-electron chi connectivity index (χ2n) is 6.03. The first-order valence-corrected chi connectivity index (χ1v) is 8.77. The molecule has 0 aromatic heterocycles. The summed E-state index contributed by atoms with van der Waals surface area (Å²) >= 11 is 3.39. The van der Waals surface area contributed by atoms with E-state index in [9.17, 15) is 9.59 Å². The Hall–Kier alpha value is -2.66. The molecule has 3 aromatic rings. The number of nitrogens with one attached hydrogen (secondary N) is 1. The SMILES string of the molecule is C[C@H](C(=O)Nc1cccc(Br)c1)N1C(=O)c2cccc3cccc1c23. The molecule has 4 nitrogen and oxygen atoms in total. The molecule has 0 spiro atoms. The van der Waals surface area contributed by atoms with E-state index >= 15 is 0 Å². The molecule has 0 unspecified atom stereocenters. The minimum atomic E-state index is -0.621. The highest BCUT2D eigenvalue weighted by Crippen LogP contribution is 2.38. The second-order valence-corrected chi connectivity index (χ2v) is 6.95. The topological polar surface area (TPSA) is 49.4 Å². The number of anilines is 2. The molecular formula is C20H15BrN2O2. The summed E-state index contributed by atoms with van der Waals surface area (Å²) in [4.78, 5) is 27.1. The molecule has 124 valence electrons. The summed E-state index contributed by atoms with van der Waals surface area (Å²) < 4.78 is 0.882. The fraction of sp³-hybridized carbons (Fsp3) is 0.100. The van der Waals surface area contributed by atoms with Crippen molar-refractivity contribution in [3.05, 3.63) is 70.7 Å². The lowest BCUT2D eigenvalue weighted by atomic mass is 10.1. The van der Waals surface area contributed by atoms with Crippen LogP contribution >= 0.6 is 15.9 Å². The highest BCUT2D eigenvalue weighted by Gasteiger charge is 2.35. The van der Waals surface area contributed by atoms with E-state index < -0.39 is 6.04 Å². The summed E-state index contributed by atoms with van der Waals surface area (Å²) in [5.74, 6) is -0.361. The van der Waals surface area contributed by atoms with E-state index in [1.54, 1.807) is 11.8 Å². The Kier molecular flexibility index (Phi) is 3.81. The van der Waals surface area contributed by atoms with Crippen LogP contribution < -0.4 is 10.2 Å². The maximum Gasteiger partial charge on any atom is 0.259 e. The standard InChI is InChI=1S/C20H15BrN2O2/c1-12(19(24)22-15-8-4-7-14(21)11-15)23-17-10-3-6-13-5-2-9-16(18(13)17)20(23)25/h2-12H,1H3,(H,22,24)/t12-/m1/s1. The van der Waals surface area contributed by atoms with Gasteiger partial charge >= 0.3 is 0 Å². The van der Waals surface area contributed by atoms with Gasteiger partial charge in [0.1, 0.15) is 6.04 Å². The third-order valence-corrected chi connectivity index (χ3v) is 4.94. The van der Waals surface area contributed by atoms with Crippen LogP contribution in [-0.4, -0.2) is 17.9 Å². The smallest absolute Gasteiger partial charge is 0.259 e. The summed E-state index contributed by atoms with van der Waals surface area (Å²) in [5.41, 5.74) is 2.12. The second kappa shape index (κ2) is 6.01. The van der Waals surface area contributed by atoms with Crippen molar-refractivity contribution >= 4 is 49.9 Å². The van der Waals surface area contributed by atoms with Gasteiger partial charge in [-0.05, 0) is 42.6 Å². The molecule has 0 fully saturated rings. The first kappa shape index (κ1) is 15.8. The number of hydrogen-bond donors (Lipinski definition) is 1. The molecule has 0 radical (unpaired) electrons. The van der Waals surface area contributed by atoms with Crippen molar-refractivity contribution in [1.29, 1.82) is 0 Å². The van der Waals surface area contributed by atoms with Crippen molar-refractivity contribution in [2.24, 2.45) is 0 Å². The number of amides is 2. The normalized spacial score (nSPS) is 14.0. The lowest BCUT2D eigenvalue weighted by Gasteiger charge is -2.24. The molecule has 5 heteroatoms.